The van der Waals surface area contributed by atoms with Crippen LogP contribution in [0.4, 0.5) is 11.4 Å². The number of rotatable bonds is 3. The number of anilines is 2. The van der Waals surface area contributed by atoms with Crippen molar-refractivity contribution in [1.82, 2.24) is 15.0 Å². The molecule has 2 aromatic heterocycles. The first-order valence-electron chi connectivity index (χ1n) is 5.00. The van der Waals surface area contributed by atoms with Gasteiger partial charge >= 0.3 is 0 Å². The highest BCUT2D eigenvalue weighted by Crippen LogP contribution is 2.09. The number of carbonyl (C=O) groups is 1. The van der Waals surface area contributed by atoms with Crippen LogP contribution >= 0.6 is 0 Å². The Balaban J connectivity index is 2.14. The van der Waals surface area contributed by atoms with Crippen LogP contribution in [0, 0.1) is 0 Å². The molecule has 0 aliphatic heterocycles. The zero-order chi connectivity index (χ0) is 12.1. The van der Waals surface area contributed by atoms with Gasteiger partial charge in [0.15, 0.2) is 0 Å². The molecular weight excluding hydrogens is 218 g/mol. The highest BCUT2D eigenvalue weighted by atomic mass is 16.1. The Kier molecular flexibility index (Phi) is 3.25. The van der Waals surface area contributed by atoms with E-state index < -0.39 is 0 Å². The normalized spacial score (nSPS) is 9.71. The van der Waals surface area contributed by atoms with E-state index in [1.807, 2.05) is 0 Å². The van der Waals surface area contributed by atoms with Crippen molar-refractivity contribution >= 4 is 17.3 Å². The van der Waals surface area contributed by atoms with Crippen LogP contribution in [0.2, 0.25) is 0 Å². The van der Waals surface area contributed by atoms with Gasteiger partial charge < -0.3 is 10.6 Å². The number of aromatic nitrogens is 3. The maximum Gasteiger partial charge on any atom is 0.274 e. The fraction of sp³-hybridized carbons (Fsp3) is 0.0909. The molecule has 17 heavy (non-hydrogen) atoms. The maximum atomic E-state index is 11.8. The van der Waals surface area contributed by atoms with Crippen LogP contribution in [0.25, 0.3) is 0 Å². The largest absolute Gasteiger partial charge is 0.388 e. The molecule has 1 amide bonds. The number of nitrogens with zero attached hydrogens (tertiary/aromatic N) is 3. The van der Waals surface area contributed by atoms with Gasteiger partial charge in [-0.2, -0.15) is 0 Å². The second-order valence-electron chi connectivity index (χ2n) is 3.26. The van der Waals surface area contributed by atoms with E-state index in [4.69, 9.17) is 0 Å². The Labute approximate surface area is 98.1 Å². The van der Waals surface area contributed by atoms with Crippen LogP contribution in [0.5, 0.6) is 0 Å². The molecule has 2 heterocycles. The molecule has 0 aromatic carbocycles. The van der Waals surface area contributed by atoms with E-state index in [1.165, 1.54) is 18.7 Å². The molecule has 86 valence electrons. The number of hydrogen-bond donors (Lipinski definition) is 2. The number of pyridine rings is 1. The molecule has 0 unspecified atom stereocenters. The predicted octanol–water partition coefficient (Wildman–Crippen LogP) is 1.17. The van der Waals surface area contributed by atoms with Crippen molar-refractivity contribution in [3.05, 3.63) is 42.7 Å². The highest BCUT2D eigenvalue weighted by Gasteiger charge is 2.08. The Hall–Kier alpha value is -2.50. The molecule has 6 heteroatoms. The lowest BCUT2D eigenvalue weighted by molar-refractivity contribution is 0.102. The third kappa shape index (κ3) is 2.75. The van der Waals surface area contributed by atoms with Crippen LogP contribution in [-0.4, -0.2) is 27.9 Å². The number of hydrogen-bond acceptors (Lipinski definition) is 5. The Morgan fingerprint density at radius 3 is 2.71 bits per heavy atom. The second-order valence-corrected chi connectivity index (χ2v) is 3.26. The third-order valence-corrected chi connectivity index (χ3v) is 2.10. The van der Waals surface area contributed by atoms with Crippen molar-refractivity contribution < 1.29 is 4.79 Å². The van der Waals surface area contributed by atoms with Crippen molar-refractivity contribution in [2.75, 3.05) is 17.7 Å². The van der Waals surface area contributed by atoms with Gasteiger partial charge in [0, 0.05) is 18.9 Å². The quantitative estimate of drug-likeness (QED) is 0.825. The average Bonchev–Trinajstić information content (AvgIpc) is 2.40. The molecule has 0 atom stereocenters. The minimum Gasteiger partial charge on any atom is -0.388 e. The summed E-state index contributed by atoms with van der Waals surface area (Å²) in [5.41, 5.74) is 1.70. The van der Waals surface area contributed by atoms with Gasteiger partial charge in [-0.3, -0.25) is 9.78 Å². The smallest absolute Gasteiger partial charge is 0.274 e. The number of nitrogens with one attached hydrogen (secondary N) is 2. The summed E-state index contributed by atoms with van der Waals surface area (Å²) < 4.78 is 0. The summed E-state index contributed by atoms with van der Waals surface area (Å²) in [6, 6.07) is 3.45. The topological polar surface area (TPSA) is 79.8 Å². The first kappa shape index (κ1) is 11.0. The maximum absolute atomic E-state index is 11.8. The number of amides is 1. The Morgan fingerprint density at radius 1 is 1.24 bits per heavy atom. The van der Waals surface area contributed by atoms with Crippen LogP contribution in [0.3, 0.4) is 0 Å². The average molecular weight is 229 g/mol. The second kappa shape index (κ2) is 5.02. The van der Waals surface area contributed by atoms with Crippen molar-refractivity contribution in [2.24, 2.45) is 0 Å². The van der Waals surface area contributed by atoms with Crippen molar-refractivity contribution in [2.45, 2.75) is 0 Å². The molecule has 2 rings (SSSR count). The zero-order valence-electron chi connectivity index (χ0n) is 9.21. The molecule has 0 spiro atoms. The molecule has 2 N–H and O–H groups in total. The molecule has 0 saturated carbocycles. The van der Waals surface area contributed by atoms with E-state index in [1.54, 1.807) is 25.4 Å². The summed E-state index contributed by atoms with van der Waals surface area (Å²) in [4.78, 5) is 23.4. The summed E-state index contributed by atoms with van der Waals surface area (Å²) in [6.45, 7) is 0. The highest BCUT2D eigenvalue weighted by molar-refractivity contribution is 6.03. The van der Waals surface area contributed by atoms with E-state index >= 15 is 0 Å². The standard InChI is InChI=1S/C11H11N5O/c1-12-8-2-3-15-10(4-8)11(17)16-9-5-13-7-14-6-9/h2-7H,1H3,(H,12,15)(H,16,17). The van der Waals surface area contributed by atoms with E-state index in [0.717, 1.165) is 5.69 Å². The van der Waals surface area contributed by atoms with Gasteiger partial charge in [-0.1, -0.05) is 0 Å². The van der Waals surface area contributed by atoms with E-state index in [9.17, 15) is 4.79 Å². The molecule has 6 nitrogen and oxygen atoms in total. The Morgan fingerprint density at radius 2 is 2.00 bits per heavy atom. The van der Waals surface area contributed by atoms with Gasteiger partial charge in [-0.15, -0.1) is 0 Å². The van der Waals surface area contributed by atoms with Gasteiger partial charge in [0.25, 0.3) is 5.91 Å². The van der Waals surface area contributed by atoms with Gasteiger partial charge in [-0.25, -0.2) is 9.97 Å². The van der Waals surface area contributed by atoms with Gasteiger partial charge in [0.05, 0.1) is 18.1 Å². The minimum atomic E-state index is -0.295. The summed E-state index contributed by atoms with van der Waals surface area (Å²) in [7, 11) is 1.78. The molecule has 0 radical (unpaired) electrons. The predicted molar refractivity (Wildman–Crippen MR) is 63.8 cm³/mol. The lowest BCUT2D eigenvalue weighted by atomic mass is 10.3. The molecular formula is C11H11N5O. The molecule has 0 aliphatic rings. The molecule has 2 aromatic rings. The fourth-order valence-electron chi connectivity index (χ4n) is 1.27. The Bertz CT molecular complexity index is 514. The minimum absolute atomic E-state index is 0.295. The fourth-order valence-corrected chi connectivity index (χ4v) is 1.27. The van der Waals surface area contributed by atoms with Crippen LogP contribution in [0.1, 0.15) is 10.5 Å². The van der Waals surface area contributed by atoms with Crippen LogP contribution in [0.15, 0.2) is 37.1 Å². The summed E-state index contributed by atoms with van der Waals surface area (Å²) in [6.07, 6.45) is 6.01. The van der Waals surface area contributed by atoms with Crippen molar-refractivity contribution in [1.29, 1.82) is 0 Å². The third-order valence-electron chi connectivity index (χ3n) is 2.10. The zero-order valence-corrected chi connectivity index (χ0v) is 9.21. The lowest BCUT2D eigenvalue weighted by Crippen LogP contribution is -2.14. The molecule has 0 aliphatic carbocycles. The van der Waals surface area contributed by atoms with Crippen LogP contribution in [-0.2, 0) is 0 Å². The van der Waals surface area contributed by atoms with E-state index in [-0.39, 0.29) is 5.91 Å². The summed E-state index contributed by atoms with van der Waals surface area (Å²) in [5.74, 6) is -0.295. The van der Waals surface area contributed by atoms with Crippen LogP contribution < -0.4 is 10.6 Å². The summed E-state index contributed by atoms with van der Waals surface area (Å²) in [5, 5.41) is 5.60. The number of carbonyl (C=O) groups excluding carboxylic acids is 1. The van der Waals surface area contributed by atoms with Crippen molar-refractivity contribution in [3.63, 3.8) is 0 Å². The first-order valence-corrected chi connectivity index (χ1v) is 5.00. The summed E-state index contributed by atoms with van der Waals surface area (Å²) >= 11 is 0. The van der Waals surface area contributed by atoms with Crippen molar-refractivity contribution in [3.8, 4) is 0 Å². The lowest BCUT2D eigenvalue weighted by Gasteiger charge is -2.05. The first-order chi connectivity index (χ1) is 8.29. The molecule has 0 bridgehead atoms. The van der Waals surface area contributed by atoms with Gasteiger partial charge in [-0.05, 0) is 12.1 Å². The molecule has 0 saturated heterocycles. The van der Waals surface area contributed by atoms with E-state index in [2.05, 4.69) is 25.6 Å². The SMILES string of the molecule is CNc1ccnc(C(=O)Nc2cncnc2)c1. The van der Waals surface area contributed by atoms with E-state index in [0.29, 0.717) is 11.4 Å². The van der Waals surface area contributed by atoms with Gasteiger partial charge in [0.1, 0.15) is 12.0 Å². The van der Waals surface area contributed by atoms with Gasteiger partial charge in [0.2, 0.25) is 0 Å². The molecule has 0 fully saturated rings. The monoisotopic (exact) mass is 229 g/mol.